The zero-order chi connectivity index (χ0) is 12.1. The molecule has 0 saturated heterocycles. The minimum Gasteiger partial charge on any atom is -0.425 e. The van der Waals surface area contributed by atoms with Crippen molar-refractivity contribution in [1.82, 2.24) is 4.57 Å². The predicted octanol–water partition coefficient (Wildman–Crippen LogP) is 1.91. The number of rotatable bonds is 4. The highest BCUT2D eigenvalue weighted by atomic mass is 16.5. The SMILES string of the molecule is O=Cc1cccn1CC(=O)Oc1ccccc1. The Bertz CT molecular complexity index is 516. The van der Waals surface area contributed by atoms with Gasteiger partial charge < -0.3 is 9.30 Å². The molecule has 4 nitrogen and oxygen atoms in total. The molecule has 1 heterocycles. The molecule has 0 bridgehead atoms. The summed E-state index contributed by atoms with van der Waals surface area (Å²) in [7, 11) is 0. The highest BCUT2D eigenvalue weighted by Gasteiger charge is 2.07. The number of nitrogens with zero attached hydrogens (tertiary/aromatic N) is 1. The summed E-state index contributed by atoms with van der Waals surface area (Å²) in [5.74, 6) is 0.0906. The van der Waals surface area contributed by atoms with Crippen molar-refractivity contribution in [1.29, 1.82) is 0 Å². The summed E-state index contributed by atoms with van der Waals surface area (Å²) in [6.45, 7) is 0.0238. The fraction of sp³-hybridized carbons (Fsp3) is 0.0769. The van der Waals surface area contributed by atoms with Gasteiger partial charge in [-0.2, -0.15) is 0 Å². The Kier molecular flexibility index (Phi) is 3.35. The van der Waals surface area contributed by atoms with Crippen LogP contribution < -0.4 is 4.74 Å². The van der Waals surface area contributed by atoms with Crippen LogP contribution in [0.1, 0.15) is 10.5 Å². The standard InChI is InChI=1S/C13H11NO3/c15-10-11-5-4-8-14(11)9-13(16)17-12-6-2-1-3-7-12/h1-8,10H,9H2. The Balaban J connectivity index is 2.01. The first-order valence-corrected chi connectivity index (χ1v) is 5.15. The third-order valence-corrected chi connectivity index (χ3v) is 2.26. The number of aldehydes is 1. The molecule has 0 radical (unpaired) electrons. The lowest BCUT2D eigenvalue weighted by molar-refractivity contribution is -0.135. The number of hydrogen-bond acceptors (Lipinski definition) is 3. The van der Waals surface area contributed by atoms with Crippen molar-refractivity contribution in [2.24, 2.45) is 0 Å². The number of benzene rings is 1. The average molecular weight is 229 g/mol. The van der Waals surface area contributed by atoms with Gasteiger partial charge in [0.2, 0.25) is 0 Å². The lowest BCUT2D eigenvalue weighted by atomic mass is 10.3. The topological polar surface area (TPSA) is 48.3 Å². The monoisotopic (exact) mass is 229 g/mol. The lowest BCUT2D eigenvalue weighted by Gasteiger charge is -2.06. The molecule has 0 N–H and O–H groups in total. The van der Waals surface area contributed by atoms with Crippen molar-refractivity contribution in [3.63, 3.8) is 0 Å². The molecule has 0 aliphatic rings. The fourth-order valence-corrected chi connectivity index (χ4v) is 1.47. The van der Waals surface area contributed by atoms with Crippen LogP contribution in [0.4, 0.5) is 0 Å². The van der Waals surface area contributed by atoms with Gasteiger partial charge >= 0.3 is 5.97 Å². The second-order valence-electron chi connectivity index (χ2n) is 3.47. The van der Waals surface area contributed by atoms with E-state index in [4.69, 9.17) is 4.74 Å². The van der Waals surface area contributed by atoms with E-state index in [1.165, 1.54) is 4.57 Å². The van der Waals surface area contributed by atoms with Gasteiger partial charge in [0.1, 0.15) is 12.3 Å². The first-order valence-electron chi connectivity index (χ1n) is 5.15. The van der Waals surface area contributed by atoms with Gasteiger partial charge in [-0.1, -0.05) is 18.2 Å². The largest absolute Gasteiger partial charge is 0.425 e. The second kappa shape index (κ2) is 5.12. The highest BCUT2D eigenvalue weighted by Crippen LogP contribution is 2.09. The number of carbonyl (C=O) groups excluding carboxylic acids is 2. The van der Waals surface area contributed by atoms with E-state index in [-0.39, 0.29) is 6.54 Å². The summed E-state index contributed by atoms with van der Waals surface area (Å²) in [5, 5.41) is 0. The van der Waals surface area contributed by atoms with E-state index in [0.29, 0.717) is 17.7 Å². The predicted molar refractivity (Wildman–Crippen MR) is 61.9 cm³/mol. The van der Waals surface area contributed by atoms with Gasteiger partial charge in [-0.05, 0) is 24.3 Å². The van der Waals surface area contributed by atoms with Crippen LogP contribution in [0.5, 0.6) is 5.75 Å². The van der Waals surface area contributed by atoms with Gasteiger partial charge in [0.05, 0.1) is 5.69 Å². The molecule has 0 spiro atoms. The molecule has 0 aliphatic carbocycles. The molecule has 2 aromatic rings. The minimum absolute atomic E-state index is 0.0238. The Morgan fingerprint density at radius 2 is 1.94 bits per heavy atom. The molecular formula is C13H11NO3. The maximum Gasteiger partial charge on any atom is 0.331 e. The van der Waals surface area contributed by atoms with Crippen molar-refractivity contribution < 1.29 is 14.3 Å². The fourth-order valence-electron chi connectivity index (χ4n) is 1.47. The summed E-state index contributed by atoms with van der Waals surface area (Å²) >= 11 is 0. The van der Waals surface area contributed by atoms with Crippen LogP contribution in [0.3, 0.4) is 0 Å². The van der Waals surface area contributed by atoms with Crippen LogP contribution in [0.25, 0.3) is 0 Å². The molecule has 0 atom stereocenters. The minimum atomic E-state index is -0.407. The third-order valence-electron chi connectivity index (χ3n) is 2.26. The van der Waals surface area contributed by atoms with Crippen LogP contribution in [-0.4, -0.2) is 16.8 Å². The molecule has 2 rings (SSSR count). The van der Waals surface area contributed by atoms with Crippen molar-refractivity contribution in [3.8, 4) is 5.75 Å². The Morgan fingerprint density at radius 1 is 1.18 bits per heavy atom. The second-order valence-corrected chi connectivity index (χ2v) is 3.47. The third kappa shape index (κ3) is 2.81. The van der Waals surface area contributed by atoms with E-state index in [0.717, 1.165) is 0 Å². The average Bonchev–Trinajstić information content (AvgIpc) is 2.77. The van der Waals surface area contributed by atoms with Gasteiger partial charge in [-0.3, -0.25) is 4.79 Å². The molecule has 0 unspecified atom stereocenters. The van der Waals surface area contributed by atoms with Crippen LogP contribution >= 0.6 is 0 Å². The molecule has 86 valence electrons. The Morgan fingerprint density at radius 3 is 2.65 bits per heavy atom. The summed E-state index contributed by atoms with van der Waals surface area (Å²) in [6, 6.07) is 12.2. The first-order chi connectivity index (χ1) is 8.29. The van der Waals surface area contributed by atoms with E-state index in [9.17, 15) is 9.59 Å². The molecule has 0 amide bonds. The van der Waals surface area contributed by atoms with E-state index >= 15 is 0 Å². The summed E-state index contributed by atoms with van der Waals surface area (Å²) < 4.78 is 6.65. The van der Waals surface area contributed by atoms with E-state index < -0.39 is 5.97 Å². The number of para-hydroxylation sites is 1. The Hall–Kier alpha value is -2.36. The van der Waals surface area contributed by atoms with Crippen LogP contribution in [-0.2, 0) is 11.3 Å². The van der Waals surface area contributed by atoms with Crippen molar-refractivity contribution in [2.45, 2.75) is 6.54 Å². The number of carbonyl (C=O) groups is 2. The molecule has 0 saturated carbocycles. The quantitative estimate of drug-likeness (QED) is 0.457. The van der Waals surface area contributed by atoms with Crippen LogP contribution in [0, 0.1) is 0 Å². The summed E-state index contributed by atoms with van der Waals surface area (Å²) in [5.41, 5.74) is 0.454. The van der Waals surface area contributed by atoms with E-state index in [2.05, 4.69) is 0 Å². The maximum absolute atomic E-state index is 11.6. The first kappa shape index (κ1) is 11.1. The van der Waals surface area contributed by atoms with Gasteiger partial charge in [0, 0.05) is 6.20 Å². The van der Waals surface area contributed by atoms with Crippen molar-refractivity contribution in [3.05, 3.63) is 54.4 Å². The van der Waals surface area contributed by atoms with Crippen LogP contribution in [0.2, 0.25) is 0 Å². The smallest absolute Gasteiger partial charge is 0.331 e. The van der Waals surface area contributed by atoms with Gasteiger partial charge in [-0.15, -0.1) is 0 Å². The summed E-state index contributed by atoms with van der Waals surface area (Å²) in [4.78, 5) is 22.2. The number of hydrogen-bond donors (Lipinski definition) is 0. The van der Waals surface area contributed by atoms with Crippen molar-refractivity contribution >= 4 is 12.3 Å². The molecule has 1 aromatic carbocycles. The normalized spacial score (nSPS) is 9.88. The number of aromatic nitrogens is 1. The van der Waals surface area contributed by atoms with E-state index in [1.807, 2.05) is 6.07 Å². The molecule has 1 aromatic heterocycles. The van der Waals surface area contributed by atoms with Crippen molar-refractivity contribution in [2.75, 3.05) is 0 Å². The molecule has 4 heteroatoms. The maximum atomic E-state index is 11.6. The molecule has 0 fully saturated rings. The molecule has 0 aliphatic heterocycles. The van der Waals surface area contributed by atoms with Crippen LogP contribution in [0.15, 0.2) is 48.7 Å². The Labute approximate surface area is 98.4 Å². The van der Waals surface area contributed by atoms with Gasteiger partial charge in [0.25, 0.3) is 0 Å². The number of esters is 1. The molecular weight excluding hydrogens is 218 g/mol. The van der Waals surface area contributed by atoms with Gasteiger partial charge in [0.15, 0.2) is 6.29 Å². The summed E-state index contributed by atoms with van der Waals surface area (Å²) in [6.07, 6.45) is 2.37. The zero-order valence-corrected chi connectivity index (χ0v) is 9.08. The zero-order valence-electron chi connectivity index (χ0n) is 9.08. The lowest BCUT2D eigenvalue weighted by Crippen LogP contribution is -2.17. The van der Waals surface area contributed by atoms with E-state index in [1.54, 1.807) is 42.6 Å². The highest BCUT2D eigenvalue weighted by molar-refractivity contribution is 5.76. The van der Waals surface area contributed by atoms with Gasteiger partial charge in [-0.25, -0.2) is 4.79 Å². The molecule has 17 heavy (non-hydrogen) atoms. The number of ether oxygens (including phenoxy) is 1.